The van der Waals surface area contributed by atoms with Crippen molar-refractivity contribution < 1.29 is 14.9 Å². The highest BCUT2D eigenvalue weighted by atomic mass is 16.5. The van der Waals surface area contributed by atoms with Crippen molar-refractivity contribution >= 4 is 17.7 Å². The van der Waals surface area contributed by atoms with Crippen LogP contribution in [0.4, 0.5) is 11.4 Å². The minimum Gasteiger partial charge on any atom is -0.494 e. The number of benzene rings is 2. The molecule has 0 saturated carbocycles. The van der Waals surface area contributed by atoms with Crippen molar-refractivity contribution in [1.29, 1.82) is 0 Å². The summed E-state index contributed by atoms with van der Waals surface area (Å²) in [6, 6.07) is 17.2. The topological polar surface area (TPSA) is 81.1 Å². The van der Waals surface area contributed by atoms with Gasteiger partial charge >= 0.3 is 0 Å². The van der Waals surface area contributed by atoms with Crippen molar-refractivity contribution in [3.63, 3.8) is 0 Å². The molecule has 0 unspecified atom stereocenters. The molecule has 1 aliphatic rings. The van der Waals surface area contributed by atoms with Gasteiger partial charge in [-0.1, -0.05) is 30.3 Å². The first-order valence-electron chi connectivity index (χ1n) is 7.90. The summed E-state index contributed by atoms with van der Waals surface area (Å²) in [4.78, 5) is 8.62. The van der Waals surface area contributed by atoms with Gasteiger partial charge in [0.2, 0.25) is 5.88 Å². The highest BCUT2D eigenvalue weighted by Gasteiger charge is 2.18. The first-order chi connectivity index (χ1) is 12.2. The summed E-state index contributed by atoms with van der Waals surface area (Å²) in [7, 11) is 0. The molecule has 1 aromatic heterocycles. The molecule has 0 fully saturated rings. The predicted octanol–water partition coefficient (Wildman–Crippen LogP) is 3.68. The second-order valence-corrected chi connectivity index (χ2v) is 5.83. The summed E-state index contributed by atoms with van der Waals surface area (Å²) in [5.74, 6) is 0.580. The Bertz CT molecular complexity index is 919. The highest BCUT2D eigenvalue weighted by molar-refractivity contribution is 5.86. The molecule has 0 amide bonds. The molecule has 25 heavy (non-hydrogen) atoms. The van der Waals surface area contributed by atoms with Crippen LogP contribution in [-0.2, 0) is 13.2 Å². The molecule has 0 spiro atoms. The van der Waals surface area contributed by atoms with Crippen LogP contribution in [0.2, 0.25) is 0 Å². The first kappa shape index (κ1) is 15.1. The van der Waals surface area contributed by atoms with Gasteiger partial charge in [-0.3, -0.25) is 4.98 Å². The van der Waals surface area contributed by atoms with Crippen LogP contribution in [0.15, 0.2) is 59.6 Å². The maximum atomic E-state index is 9.85. The molecule has 1 aliphatic heterocycles. The van der Waals surface area contributed by atoms with Crippen LogP contribution < -0.4 is 9.64 Å². The second kappa shape index (κ2) is 6.24. The van der Waals surface area contributed by atoms with Crippen LogP contribution in [0.5, 0.6) is 17.5 Å². The van der Waals surface area contributed by atoms with Gasteiger partial charge in [-0.2, -0.15) is 0 Å². The molecule has 0 aliphatic carbocycles. The average molecular weight is 335 g/mol. The molecule has 0 atom stereocenters. The maximum Gasteiger partial charge on any atom is 0.215 e. The van der Waals surface area contributed by atoms with E-state index in [0.717, 1.165) is 22.6 Å². The zero-order valence-corrected chi connectivity index (χ0v) is 13.4. The summed E-state index contributed by atoms with van der Waals surface area (Å²) < 4.78 is 5.86. The Balaban J connectivity index is 1.52. The van der Waals surface area contributed by atoms with Crippen molar-refractivity contribution in [2.45, 2.75) is 13.2 Å². The zero-order valence-electron chi connectivity index (χ0n) is 13.4. The Labute approximate surface area is 144 Å². The Morgan fingerprint density at radius 3 is 2.68 bits per heavy atom. The van der Waals surface area contributed by atoms with Gasteiger partial charge in [0.1, 0.15) is 18.0 Å². The number of aromatic hydroxyl groups is 2. The number of anilines is 1. The number of hydrogen-bond donors (Lipinski definition) is 3. The minimum atomic E-state index is -0.0936. The number of fused-ring (bicyclic) bond motifs is 1. The lowest BCUT2D eigenvalue weighted by molar-refractivity contribution is 0.306. The summed E-state index contributed by atoms with van der Waals surface area (Å²) >= 11 is 0. The number of ether oxygens (including phenoxy) is 1. The number of aromatic amines is 1. The van der Waals surface area contributed by atoms with Gasteiger partial charge in [-0.25, -0.2) is 4.99 Å². The Morgan fingerprint density at radius 2 is 1.92 bits per heavy atom. The van der Waals surface area contributed by atoms with E-state index in [2.05, 4.69) is 9.98 Å². The molecule has 2 aromatic carbocycles. The highest BCUT2D eigenvalue weighted by Crippen LogP contribution is 2.35. The van der Waals surface area contributed by atoms with E-state index in [1.807, 2.05) is 48.5 Å². The standard InChI is InChI=1S/C19H17N3O3/c23-18-9-17(19(24)21-18)22-10-14-8-15(6-7-16(14)20-12-22)25-11-13-4-2-1-3-5-13/h1-9,12,21,23-24H,10-11H2. The molecule has 4 rings (SSSR count). The molecule has 2 heterocycles. The van der Waals surface area contributed by atoms with E-state index in [9.17, 15) is 10.2 Å². The lowest BCUT2D eigenvalue weighted by Crippen LogP contribution is -2.22. The van der Waals surface area contributed by atoms with Gasteiger partial charge in [-0.15, -0.1) is 0 Å². The Kier molecular flexibility index (Phi) is 3.78. The van der Waals surface area contributed by atoms with Crippen molar-refractivity contribution in [2.75, 3.05) is 4.90 Å². The van der Waals surface area contributed by atoms with E-state index in [1.54, 1.807) is 11.2 Å². The quantitative estimate of drug-likeness (QED) is 0.679. The normalized spacial score (nSPS) is 12.9. The number of nitrogens with zero attached hydrogens (tertiary/aromatic N) is 2. The van der Waals surface area contributed by atoms with Gasteiger partial charge in [0.05, 0.1) is 18.6 Å². The van der Waals surface area contributed by atoms with E-state index in [4.69, 9.17) is 4.74 Å². The second-order valence-electron chi connectivity index (χ2n) is 5.83. The van der Waals surface area contributed by atoms with Crippen LogP contribution >= 0.6 is 0 Å². The third-order valence-corrected chi connectivity index (χ3v) is 4.05. The van der Waals surface area contributed by atoms with E-state index in [-0.39, 0.29) is 11.8 Å². The number of aromatic nitrogens is 1. The number of hydrogen-bond acceptors (Lipinski definition) is 5. The van der Waals surface area contributed by atoms with Gasteiger partial charge in [0.15, 0.2) is 5.88 Å². The minimum absolute atomic E-state index is 0.0911. The lowest BCUT2D eigenvalue weighted by atomic mass is 10.1. The van der Waals surface area contributed by atoms with Gasteiger partial charge in [-0.05, 0) is 23.8 Å². The largest absolute Gasteiger partial charge is 0.494 e. The molecule has 126 valence electrons. The molecule has 3 N–H and O–H groups in total. The molecule has 6 heteroatoms. The number of nitrogens with one attached hydrogen (secondary N) is 1. The number of H-pyrrole nitrogens is 1. The van der Waals surface area contributed by atoms with Gasteiger partial charge in [0.25, 0.3) is 0 Å². The molecular formula is C19H17N3O3. The smallest absolute Gasteiger partial charge is 0.215 e. The van der Waals surface area contributed by atoms with Crippen molar-refractivity contribution in [2.24, 2.45) is 4.99 Å². The van der Waals surface area contributed by atoms with E-state index in [1.165, 1.54) is 6.07 Å². The lowest BCUT2D eigenvalue weighted by Gasteiger charge is -2.23. The molecule has 0 saturated heterocycles. The van der Waals surface area contributed by atoms with Crippen molar-refractivity contribution in [3.8, 4) is 17.5 Å². The van der Waals surface area contributed by atoms with Crippen molar-refractivity contribution in [3.05, 3.63) is 65.7 Å². The number of rotatable bonds is 4. The fourth-order valence-corrected chi connectivity index (χ4v) is 2.79. The fourth-order valence-electron chi connectivity index (χ4n) is 2.79. The Morgan fingerprint density at radius 1 is 1.08 bits per heavy atom. The van der Waals surface area contributed by atoms with Crippen LogP contribution in [0, 0.1) is 0 Å². The Hall–Kier alpha value is -3.41. The van der Waals surface area contributed by atoms with E-state index < -0.39 is 0 Å². The first-order valence-corrected chi connectivity index (χ1v) is 7.90. The summed E-state index contributed by atoms with van der Waals surface area (Å²) in [6.07, 6.45) is 1.63. The fraction of sp³-hybridized carbons (Fsp3) is 0.105. The van der Waals surface area contributed by atoms with Crippen LogP contribution in [-0.4, -0.2) is 21.5 Å². The molecular weight excluding hydrogens is 318 g/mol. The molecule has 0 bridgehead atoms. The van der Waals surface area contributed by atoms with E-state index >= 15 is 0 Å². The maximum absolute atomic E-state index is 9.85. The molecule has 3 aromatic rings. The van der Waals surface area contributed by atoms with Crippen LogP contribution in [0.1, 0.15) is 11.1 Å². The zero-order chi connectivity index (χ0) is 17.2. The molecule has 0 radical (unpaired) electrons. The van der Waals surface area contributed by atoms with Crippen LogP contribution in [0.25, 0.3) is 0 Å². The van der Waals surface area contributed by atoms with Gasteiger partial charge < -0.3 is 19.8 Å². The van der Waals surface area contributed by atoms with E-state index in [0.29, 0.717) is 18.8 Å². The predicted molar refractivity (Wildman–Crippen MR) is 95.7 cm³/mol. The average Bonchev–Trinajstić information content (AvgIpc) is 2.98. The molecule has 6 nitrogen and oxygen atoms in total. The SMILES string of the molecule is Oc1cc(N2C=Nc3ccc(OCc4ccccc4)cc3C2)c(O)[nH]1. The summed E-state index contributed by atoms with van der Waals surface area (Å²) in [6.45, 7) is 1.02. The number of aliphatic imine (C=N–C) groups is 1. The van der Waals surface area contributed by atoms with Crippen molar-refractivity contribution in [1.82, 2.24) is 4.98 Å². The monoisotopic (exact) mass is 335 g/mol. The third-order valence-electron chi connectivity index (χ3n) is 4.05. The van der Waals surface area contributed by atoms with Gasteiger partial charge in [0, 0.05) is 11.6 Å². The summed E-state index contributed by atoms with van der Waals surface area (Å²) in [5.41, 5.74) is 3.42. The summed E-state index contributed by atoms with van der Waals surface area (Å²) in [5, 5.41) is 19.3. The van der Waals surface area contributed by atoms with Crippen LogP contribution in [0.3, 0.4) is 0 Å². The third kappa shape index (κ3) is 3.14.